The number of ether oxygens (including phenoxy) is 2. The topological polar surface area (TPSA) is 88.4 Å². The number of hydrogen-bond donors (Lipinski definition) is 1. The predicted octanol–water partition coefficient (Wildman–Crippen LogP) is 7.35. The maximum Gasteiger partial charge on any atom is 0.313 e. The molecule has 8 heteroatoms. The zero-order valence-corrected chi connectivity index (χ0v) is 21.2. The number of nitriles is 1. The van der Waals surface area contributed by atoms with Crippen LogP contribution in [0.3, 0.4) is 0 Å². The Morgan fingerprint density at radius 2 is 1.66 bits per heavy atom. The Morgan fingerprint density at radius 1 is 0.971 bits per heavy atom. The van der Waals surface area contributed by atoms with Crippen molar-refractivity contribution in [3.63, 3.8) is 0 Å². The van der Waals surface area contributed by atoms with Gasteiger partial charge in [-0.15, -0.1) is 0 Å². The summed E-state index contributed by atoms with van der Waals surface area (Å²) in [5.74, 6) is -0.414. The molecule has 3 aromatic carbocycles. The van der Waals surface area contributed by atoms with Gasteiger partial charge in [-0.25, -0.2) is 0 Å². The van der Waals surface area contributed by atoms with Gasteiger partial charge < -0.3 is 14.8 Å². The smallest absolute Gasteiger partial charge is 0.313 e. The molecule has 0 aromatic heterocycles. The Bertz CT molecular complexity index is 1290. The van der Waals surface area contributed by atoms with Crippen LogP contribution in [0, 0.1) is 11.3 Å². The largest absolute Gasteiger partial charge is 0.460 e. The molecule has 0 spiro atoms. The van der Waals surface area contributed by atoms with Crippen LogP contribution in [0.1, 0.15) is 55.1 Å². The number of amides is 1. The lowest BCUT2D eigenvalue weighted by Crippen LogP contribution is -2.26. The molecule has 0 aliphatic heterocycles. The van der Waals surface area contributed by atoms with E-state index in [0.717, 1.165) is 0 Å². The zero-order valence-electron chi connectivity index (χ0n) is 19.7. The van der Waals surface area contributed by atoms with Crippen molar-refractivity contribution >= 4 is 40.8 Å². The van der Waals surface area contributed by atoms with Crippen molar-refractivity contribution in [2.45, 2.75) is 39.2 Å². The van der Waals surface area contributed by atoms with Crippen molar-refractivity contribution in [3.8, 4) is 17.6 Å². The summed E-state index contributed by atoms with van der Waals surface area (Å²) < 4.78 is 11.3. The van der Waals surface area contributed by atoms with Crippen molar-refractivity contribution in [2.75, 3.05) is 5.32 Å². The average Bonchev–Trinajstić information content (AvgIpc) is 2.80. The first-order valence-electron chi connectivity index (χ1n) is 10.8. The van der Waals surface area contributed by atoms with Gasteiger partial charge in [-0.05, 0) is 87.9 Å². The van der Waals surface area contributed by atoms with E-state index >= 15 is 0 Å². The van der Waals surface area contributed by atoms with Gasteiger partial charge in [0, 0.05) is 11.3 Å². The third-order valence-corrected chi connectivity index (χ3v) is 5.65. The first kappa shape index (κ1) is 26.1. The Kier molecular flexibility index (Phi) is 8.06. The minimum Gasteiger partial charge on any atom is -0.460 e. The molecule has 0 heterocycles. The van der Waals surface area contributed by atoms with E-state index in [2.05, 4.69) is 11.4 Å². The molecule has 1 atom stereocenters. The molecule has 180 valence electrons. The van der Waals surface area contributed by atoms with E-state index in [1.807, 2.05) is 0 Å². The Hall–Kier alpha value is -3.53. The third kappa shape index (κ3) is 6.98. The van der Waals surface area contributed by atoms with E-state index in [0.29, 0.717) is 38.4 Å². The van der Waals surface area contributed by atoms with Crippen LogP contribution in [-0.4, -0.2) is 17.5 Å². The second-order valence-electron chi connectivity index (χ2n) is 8.83. The molecule has 35 heavy (non-hydrogen) atoms. The highest BCUT2D eigenvalue weighted by Crippen LogP contribution is 2.30. The van der Waals surface area contributed by atoms with Crippen molar-refractivity contribution in [2.24, 2.45) is 0 Å². The molecule has 0 aliphatic carbocycles. The van der Waals surface area contributed by atoms with Gasteiger partial charge in [-0.3, -0.25) is 9.59 Å². The summed E-state index contributed by atoms with van der Waals surface area (Å²) in [6, 6.07) is 18.4. The number of anilines is 1. The van der Waals surface area contributed by atoms with E-state index in [-0.39, 0.29) is 17.4 Å². The van der Waals surface area contributed by atoms with Gasteiger partial charge in [0.2, 0.25) is 0 Å². The van der Waals surface area contributed by atoms with Crippen LogP contribution in [0.4, 0.5) is 5.69 Å². The zero-order chi connectivity index (χ0) is 25.8. The Balaban J connectivity index is 1.70. The maximum absolute atomic E-state index is 12.4. The van der Waals surface area contributed by atoms with E-state index in [4.69, 9.17) is 32.7 Å². The number of rotatable bonds is 6. The second kappa shape index (κ2) is 10.8. The number of benzene rings is 3. The number of carbonyl (C=O) groups excluding carboxylic acids is 2. The van der Waals surface area contributed by atoms with E-state index in [1.165, 1.54) is 6.07 Å². The van der Waals surface area contributed by atoms with Crippen molar-refractivity contribution < 1.29 is 19.1 Å². The lowest BCUT2D eigenvalue weighted by molar-refractivity contribution is -0.156. The predicted molar refractivity (Wildman–Crippen MR) is 136 cm³/mol. The standard InChI is InChI=1S/C27H24Cl2N2O4/c1-16(26(33)35-27(2,3)4)17-6-12-24(19(13-17)15-30)34-21-9-7-20(8-10-21)31-25(32)18-5-11-22(28)23(29)14-18/h5-14,16H,1-4H3,(H,31,32). The molecular weight excluding hydrogens is 487 g/mol. The number of nitrogens with zero attached hydrogens (tertiary/aromatic N) is 1. The van der Waals surface area contributed by atoms with Crippen LogP contribution in [0.25, 0.3) is 0 Å². The lowest BCUT2D eigenvalue weighted by Gasteiger charge is -2.22. The molecule has 0 saturated heterocycles. The highest BCUT2D eigenvalue weighted by molar-refractivity contribution is 6.42. The molecule has 0 radical (unpaired) electrons. The monoisotopic (exact) mass is 510 g/mol. The molecular formula is C27H24Cl2N2O4. The summed E-state index contributed by atoms with van der Waals surface area (Å²) in [7, 11) is 0. The van der Waals surface area contributed by atoms with Gasteiger partial charge in [-0.1, -0.05) is 29.3 Å². The molecule has 3 aromatic rings. The summed E-state index contributed by atoms with van der Waals surface area (Å²) in [6.45, 7) is 7.15. The normalized spacial score (nSPS) is 11.8. The molecule has 0 aliphatic rings. The molecule has 0 bridgehead atoms. The number of carbonyl (C=O) groups is 2. The maximum atomic E-state index is 12.4. The summed E-state index contributed by atoms with van der Waals surface area (Å²) in [5, 5.41) is 13.0. The van der Waals surface area contributed by atoms with Crippen molar-refractivity contribution in [1.82, 2.24) is 0 Å². The summed E-state index contributed by atoms with van der Waals surface area (Å²) in [6.07, 6.45) is 0. The summed E-state index contributed by atoms with van der Waals surface area (Å²) >= 11 is 11.9. The summed E-state index contributed by atoms with van der Waals surface area (Å²) in [4.78, 5) is 24.8. The molecule has 1 unspecified atom stereocenters. The van der Waals surface area contributed by atoms with Gasteiger partial charge in [0.05, 0.1) is 21.5 Å². The Morgan fingerprint density at radius 3 is 2.26 bits per heavy atom. The molecule has 1 amide bonds. The molecule has 6 nitrogen and oxygen atoms in total. The first-order chi connectivity index (χ1) is 16.5. The van der Waals surface area contributed by atoms with Crippen LogP contribution in [0.15, 0.2) is 60.7 Å². The number of nitrogens with one attached hydrogen (secondary N) is 1. The lowest BCUT2D eigenvalue weighted by atomic mass is 9.98. The fourth-order valence-electron chi connectivity index (χ4n) is 3.09. The number of hydrogen-bond acceptors (Lipinski definition) is 5. The second-order valence-corrected chi connectivity index (χ2v) is 9.65. The quantitative estimate of drug-likeness (QED) is 0.350. The first-order valence-corrected chi connectivity index (χ1v) is 11.5. The van der Waals surface area contributed by atoms with Crippen LogP contribution >= 0.6 is 23.2 Å². The van der Waals surface area contributed by atoms with Gasteiger partial charge in [0.1, 0.15) is 23.2 Å². The Labute approximate surface area is 214 Å². The highest BCUT2D eigenvalue weighted by Gasteiger charge is 2.24. The fraction of sp³-hybridized carbons (Fsp3) is 0.222. The minimum absolute atomic E-state index is 0.287. The van der Waals surface area contributed by atoms with Gasteiger partial charge in [0.25, 0.3) is 5.91 Å². The van der Waals surface area contributed by atoms with Gasteiger partial charge >= 0.3 is 5.97 Å². The van der Waals surface area contributed by atoms with Crippen molar-refractivity contribution in [1.29, 1.82) is 5.26 Å². The van der Waals surface area contributed by atoms with Gasteiger partial charge in [0.15, 0.2) is 0 Å². The van der Waals surface area contributed by atoms with E-state index in [1.54, 1.807) is 82.3 Å². The number of esters is 1. The fourth-order valence-corrected chi connectivity index (χ4v) is 3.39. The van der Waals surface area contributed by atoms with E-state index in [9.17, 15) is 14.9 Å². The molecule has 1 N–H and O–H groups in total. The van der Waals surface area contributed by atoms with Crippen LogP contribution in [-0.2, 0) is 9.53 Å². The summed E-state index contributed by atoms with van der Waals surface area (Å²) in [5.41, 5.74) is 1.27. The van der Waals surface area contributed by atoms with Gasteiger partial charge in [-0.2, -0.15) is 5.26 Å². The van der Waals surface area contributed by atoms with E-state index < -0.39 is 11.5 Å². The third-order valence-electron chi connectivity index (χ3n) is 4.91. The van der Waals surface area contributed by atoms with Crippen LogP contribution in [0.5, 0.6) is 11.5 Å². The minimum atomic E-state index is -0.597. The highest BCUT2D eigenvalue weighted by atomic mass is 35.5. The van der Waals surface area contributed by atoms with Crippen LogP contribution in [0.2, 0.25) is 10.0 Å². The molecule has 0 fully saturated rings. The average molecular weight is 511 g/mol. The molecule has 3 rings (SSSR count). The van der Waals surface area contributed by atoms with Crippen molar-refractivity contribution in [3.05, 3.63) is 87.4 Å². The molecule has 0 saturated carbocycles. The van der Waals surface area contributed by atoms with Crippen LogP contribution < -0.4 is 10.1 Å². The SMILES string of the molecule is CC(C(=O)OC(C)(C)C)c1ccc(Oc2ccc(NC(=O)c3ccc(Cl)c(Cl)c3)cc2)c(C#N)c1. The number of halogens is 2.